The molecule has 1 aromatic carbocycles. The van der Waals surface area contributed by atoms with E-state index in [4.69, 9.17) is 6.42 Å². The zero-order valence-corrected chi connectivity index (χ0v) is 10.7. The van der Waals surface area contributed by atoms with Crippen LogP contribution in [-0.4, -0.2) is 10.5 Å². The molecular weight excluding hydrogens is 230 g/mol. The minimum absolute atomic E-state index is 0.736. The maximum absolute atomic E-state index is 12.4. The molecule has 1 atom stereocenters. The van der Waals surface area contributed by atoms with E-state index in [0.29, 0.717) is 0 Å². The van der Waals surface area contributed by atoms with Gasteiger partial charge in [0.05, 0.1) is 20.3 Å². The van der Waals surface area contributed by atoms with Crippen molar-refractivity contribution in [1.82, 2.24) is 0 Å². The van der Waals surface area contributed by atoms with Gasteiger partial charge in [-0.1, -0.05) is 18.2 Å². The lowest BCUT2D eigenvalue weighted by atomic mass is 10.1. The normalized spacial score (nSPS) is 22.0. The second kappa shape index (κ2) is 4.77. The quantitative estimate of drug-likeness (QED) is 0.593. The minimum atomic E-state index is -2.27. The molecule has 1 aromatic rings. The van der Waals surface area contributed by atoms with Gasteiger partial charge < -0.3 is 0 Å². The molecule has 0 spiro atoms. The summed E-state index contributed by atoms with van der Waals surface area (Å²) in [6, 6.07) is 7.72. The zero-order chi connectivity index (χ0) is 12.3. The van der Waals surface area contributed by atoms with Crippen LogP contribution in [0.1, 0.15) is 24.8 Å². The summed E-state index contributed by atoms with van der Waals surface area (Å²) in [6.45, 7) is 0. The second-order valence-corrected chi connectivity index (χ2v) is 6.35. The van der Waals surface area contributed by atoms with Gasteiger partial charge >= 0.3 is 0 Å². The number of allylic oxidation sites excluding steroid dienone is 1. The summed E-state index contributed by atoms with van der Waals surface area (Å²) < 4.78 is 16.8. The van der Waals surface area contributed by atoms with Gasteiger partial charge in [0.2, 0.25) is 0 Å². The van der Waals surface area contributed by atoms with E-state index in [-0.39, 0.29) is 0 Å². The molecule has 1 heterocycles. The Morgan fingerprint density at radius 1 is 1.41 bits per heavy atom. The summed E-state index contributed by atoms with van der Waals surface area (Å²) in [7, 11) is -2.27. The molecule has 2 rings (SSSR count). The maximum Gasteiger partial charge on any atom is 0.0774 e. The highest BCUT2D eigenvalue weighted by Gasteiger charge is 2.15. The van der Waals surface area contributed by atoms with E-state index < -0.39 is 9.73 Å². The molecule has 17 heavy (non-hydrogen) atoms. The number of unbranched alkanes of at least 4 members (excludes halogenated alkanes) is 1. The summed E-state index contributed by atoms with van der Waals surface area (Å²) in [5, 5.41) is 0. The molecule has 1 aliphatic heterocycles. The van der Waals surface area contributed by atoms with Crippen LogP contribution in [0.4, 0.5) is 0 Å². The Balaban J connectivity index is 2.35. The van der Waals surface area contributed by atoms with E-state index in [9.17, 15) is 4.21 Å². The van der Waals surface area contributed by atoms with E-state index >= 15 is 0 Å². The first-order valence-corrected chi connectivity index (χ1v) is 7.51. The fourth-order valence-electron chi connectivity index (χ4n) is 1.91. The van der Waals surface area contributed by atoms with Crippen LogP contribution in [0.5, 0.6) is 0 Å². The van der Waals surface area contributed by atoms with Crippen LogP contribution >= 0.6 is 0 Å². The van der Waals surface area contributed by atoms with Crippen molar-refractivity contribution in [1.29, 1.82) is 0 Å². The Morgan fingerprint density at radius 2 is 2.18 bits per heavy atom. The van der Waals surface area contributed by atoms with Gasteiger partial charge in [0.25, 0.3) is 0 Å². The summed E-state index contributed by atoms with van der Waals surface area (Å²) in [5.41, 5.74) is 1.91. The third-order valence-electron chi connectivity index (χ3n) is 2.69. The van der Waals surface area contributed by atoms with Gasteiger partial charge in [0.1, 0.15) is 0 Å². The summed E-state index contributed by atoms with van der Waals surface area (Å²) >= 11 is 0. The fraction of sp³-hybridized carbons (Fsp3) is 0.286. The third-order valence-corrected chi connectivity index (χ3v) is 4.47. The van der Waals surface area contributed by atoms with E-state index in [2.05, 4.69) is 10.3 Å². The van der Waals surface area contributed by atoms with Crippen LogP contribution < -0.4 is 0 Å². The molecule has 88 valence electrons. The van der Waals surface area contributed by atoms with Crippen molar-refractivity contribution in [3.63, 3.8) is 0 Å². The molecule has 3 heteroatoms. The summed E-state index contributed by atoms with van der Waals surface area (Å²) in [4.78, 5) is 0.834. The van der Waals surface area contributed by atoms with Crippen LogP contribution in [-0.2, 0) is 9.73 Å². The Morgan fingerprint density at radius 3 is 2.94 bits per heavy atom. The minimum Gasteiger partial charge on any atom is -0.245 e. The second-order valence-electron chi connectivity index (χ2n) is 4.12. The van der Waals surface area contributed by atoms with Crippen molar-refractivity contribution in [2.75, 3.05) is 6.26 Å². The molecule has 0 aliphatic carbocycles. The monoisotopic (exact) mass is 245 g/mol. The molecule has 0 N–H and O–H groups in total. The highest BCUT2D eigenvalue weighted by molar-refractivity contribution is 7.93. The molecule has 2 nitrogen and oxygen atoms in total. The molecule has 0 fully saturated rings. The van der Waals surface area contributed by atoms with E-state index in [1.54, 1.807) is 6.26 Å². The Hall–Kier alpha value is -1.53. The van der Waals surface area contributed by atoms with Crippen LogP contribution in [0, 0.1) is 12.3 Å². The highest BCUT2D eigenvalue weighted by atomic mass is 32.2. The predicted molar refractivity (Wildman–Crippen MR) is 71.9 cm³/mol. The number of nitrogens with zero attached hydrogens (tertiary/aromatic N) is 1. The first kappa shape index (κ1) is 11.9. The number of fused-ring (bicyclic) bond motifs is 1. The lowest BCUT2D eigenvalue weighted by Crippen LogP contribution is -2.05. The smallest absolute Gasteiger partial charge is 0.0774 e. The number of benzene rings is 1. The molecule has 0 aromatic heterocycles. The van der Waals surface area contributed by atoms with Crippen LogP contribution in [0.2, 0.25) is 0 Å². The van der Waals surface area contributed by atoms with Gasteiger partial charge in [-0.15, -0.1) is 12.3 Å². The van der Waals surface area contributed by atoms with Gasteiger partial charge in [-0.2, -0.15) is 4.36 Å². The fourth-order valence-corrected chi connectivity index (χ4v) is 3.50. The molecule has 0 saturated carbocycles. The zero-order valence-electron chi connectivity index (χ0n) is 9.85. The van der Waals surface area contributed by atoms with Gasteiger partial charge in [-0.3, -0.25) is 0 Å². The molecule has 0 saturated heterocycles. The SMILES string of the molecule is C#CCCCC1=Cc2ccccc2S(C)(=O)=N1. The lowest BCUT2D eigenvalue weighted by molar-refractivity contribution is 0.678. The summed E-state index contributed by atoms with van der Waals surface area (Å²) in [6.07, 6.45) is 11.3. The Bertz CT molecular complexity index is 613. The van der Waals surface area contributed by atoms with Crippen molar-refractivity contribution in [2.45, 2.75) is 24.2 Å². The van der Waals surface area contributed by atoms with Crippen LogP contribution in [0.3, 0.4) is 0 Å². The number of hydrogen-bond donors (Lipinski definition) is 0. The average Bonchev–Trinajstić information content (AvgIpc) is 2.29. The Kier molecular flexibility index (Phi) is 3.35. The summed E-state index contributed by atoms with van der Waals surface area (Å²) in [5.74, 6) is 2.61. The number of terminal acetylenes is 1. The van der Waals surface area contributed by atoms with Crippen molar-refractivity contribution in [3.05, 3.63) is 35.5 Å². The average molecular weight is 245 g/mol. The number of rotatable bonds is 3. The Labute approximate surface area is 103 Å². The largest absolute Gasteiger partial charge is 0.245 e. The van der Waals surface area contributed by atoms with E-state index in [1.807, 2.05) is 30.3 Å². The first-order valence-electron chi connectivity index (χ1n) is 5.59. The van der Waals surface area contributed by atoms with Crippen LogP contribution in [0.15, 0.2) is 39.2 Å². The van der Waals surface area contributed by atoms with E-state index in [1.165, 1.54) is 0 Å². The van der Waals surface area contributed by atoms with Gasteiger partial charge in [0, 0.05) is 12.7 Å². The third kappa shape index (κ3) is 2.59. The number of hydrogen-bond acceptors (Lipinski definition) is 2. The van der Waals surface area contributed by atoms with Crippen molar-refractivity contribution >= 4 is 15.8 Å². The topological polar surface area (TPSA) is 29.4 Å². The maximum atomic E-state index is 12.4. The van der Waals surface area contributed by atoms with Crippen LogP contribution in [0.25, 0.3) is 6.08 Å². The van der Waals surface area contributed by atoms with E-state index in [0.717, 1.165) is 35.4 Å². The molecule has 1 unspecified atom stereocenters. The van der Waals surface area contributed by atoms with Crippen molar-refractivity contribution in [2.24, 2.45) is 4.36 Å². The molecule has 0 radical (unpaired) electrons. The lowest BCUT2D eigenvalue weighted by Gasteiger charge is -2.15. The van der Waals surface area contributed by atoms with Gasteiger partial charge in [-0.25, -0.2) is 4.21 Å². The van der Waals surface area contributed by atoms with Crippen molar-refractivity contribution in [3.8, 4) is 12.3 Å². The van der Waals surface area contributed by atoms with Gasteiger partial charge in [-0.05, 0) is 30.5 Å². The molecule has 1 aliphatic rings. The molecule has 0 bridgehead atoms. The molecular formula is C14H15NOS. The first-order chi connectivity index (χ1) is 8.13. The van der Waals surface area contributed by atoms with Crippen molar-refractivity contribution < 1.29 is 4.21 Å². The highest BCUT2D eigenvalue weighted by Crippen LogP contribution is 2.28. The molecule has 0 amide bonds. The van der Waals surface area contributed by atoms with Gasteiger partial charge in [0.15, 0.2) is 0 Å². The predicted octanol–water partition coefficient (Wildman–Crippen LogP) is 3.30. The standard InChI is InChI=1S/C14H15NOS/c1-3-4-5-9-13-11-12-8-6-7-10-14(12)17(2,16)15-13/h1,6-8,10-11H,4-5,9H2,2H3.